The first kappa shape index (κ1) is 12.6. The van der Waals surface area contributed by atoms with Gasteiger partial charge in [-0.1, -0.05) is 17.7 Å². The number of nitrogens with one attached hydrogen (secondary N) is 1. The van der Waals surface area contributed by atoms with Gasteiger partial charge in [0.15, 0.2) is 0 Å². The van der Waals surface area contributed by atoms with Crippen LogP contribution in [0.5, 0.6) is 0 Å². The Kier molecular flexibility index (Phi) is 4.69. The first-order valence-electron chi connectivity index (χ1n) is 4.60. The fraction of sp³-hybridized carbons (Fsp3) is 0.273. The van der Waals surface area contributed by atoms with Gasteiger partial charge in [-0.3, -0.25) is 5.84 Å². The van der Waals surface area contributed by atoms with Crippen molar-refractivity contribution in [1.82, 2.24) is 5.43 Å². The highest BCUT2D eigenvalue weighted by molar-refractivity contribution is 14.1. The van der Waals surface area contributed by atoms with Gasteiger partial charge in [-0.15, -0.1) is 0 Å². The van der Waals surface area contributed by atoms with Gasteiger partial charge in [0, 0.05) is 3.57 Å². The highest BCUT2D eigenvalue weighted by atomic mass is 127. The van der Waals surface area contributed by atoms with E-state index < -0.39 is 0 Å². The fourth-order valence-corrected chi connectivity index (χ4v) is 2.13. The molecule has 1 rings (SSSR count). The van der Waals surface area contributed by atoms with Gasteiger partial charge in [0.05, 0.1) is 6.04 Å². The number of halogens is 2. The van der Waals surface area contributed by atoms with E-state index in [2.05, 4.69) is 28.0 Å². The summed E-state index contributed by atoms with van der Waals surface area (Å²) in [5.74, 6) is 5.24. The second-order valence-corrected chi connectivity index (χ2v) is 4.72. The molecule has 3 N–H and O–H groups in total. The fourth-order valence-electron chi connectivity index (χ4n) is 1.31. The Balaban J connectivity index is 3.07. The highest BCUT2D eigenvalue weighted by Crippen LogP contribution is 2.22. The van der Waals surface area contributed by atoms with Crippen molar-refractivity contribution in [3.63, 3.8) is 0 Å². The van der Waals surface area contributed by atoms with Crippen LogP contribution in [-0.2, 0) is 0 Å². The number of hydrazine groups is 1. The normalized spacial score (nSPS) is 12.3. The molecule has 0 aliphatic carbocycles. The van der Waals surface area contributed by atoms with Crippen molar-refractivity contribution < 1.29 is 4.39 Å². The van der Waals surface area contributed by atoms with Gasteiger partial charge in [0.2, 0.25) is 0 Å². The van der Waals surface area contributed by atoms with Crippen LogP contribution in [0.15, 0.2) is 29.8 Å². The predicted octanol–water partition coefficient (Wildman–Crippen LogP) is 2.90. The summed E-state index contributed by atoms with van der Waals surface area (Å²) in [6.45, 7) is 4.00. The van der Waals surface area contributed by atoms with Crippen molar-refractivity contribution in [2.24, 2.45) is 5.84 Å². The maximum Gasteiger partial charge on any atom is 0.124 e. The maximum absolute atomic E-state index is 12.9. The van der Waals surface area contributed by atoms with Crippen molar-refractivity contribution in [2.45, 2.75) is 19.9 Å². The number of hydrogen-bond donors (Lipinski definition) is 2. The summed E-state index contributed by atoms with van der Waals surface area (Å²) < 4.78 is 13.8. The molecule has 0 saturated carbocycles. The SMILES string of the molecule is CC(C)=CC(NN)c1ccc(F)cc1I. The number of hydrogen-bond acceptors (Lipinski definition) is 2. The molecule has 1 aromatic rings. The molecule has 0 aliphatic rings. The summed E-state index contributed by atoms with van der Waals surface area (Å²) >= 11 is 2.11. The lowest BCUT2D eigenvalue weighted by molar-refractivity contribution is 0.617. The largest absolute Gasteiger partial charge is 0.271 e. The summed E-state index contributed by atoms with van der Waals surface area (Å²) in [5.41, 5.74) is 4.86. The standard InChI is InChI=1S/C11H14FIN2/c1-7(2)5-11(15-14)9-4-3-8(12)6-10(9)13/h3-6,11,15H,14H2,1-2H3. The molecule has 0 spiro atoms. The molecule has 15 heavy (non-hydrogen) atoms. The van der Waals surface area contributed by atoms with E-state index in [9.17, 15) is 4.39 Å². The Bertz CT molecular complexity index is 373. The molecule has 0 saturated heterocycles. The average Bonchev–Trinajstić information content (AvgIpc) is 2.14. The zero-order valence-corrected chi connectivity index (χ0v) is 10.9. The number of allylic oxidation sites excluding steroid dienone is 1. The van der Waals surface area contributed by atoms with Gasteiger partial charge in [-0.2, -0.15) is 0 Å². The van der Waals surface area contributed by atoms with Crippen molar-refractivity contribution in [3.8, 4) is 0 Å². The van der Waals surface area contributed by atoms with Crippen molar-refractivity contribution in [1.29, 1.82) is 0 Å². The van der Waals surface area contributed by atoms with Crippen LogP contribution in [0.2, 0.25) is 0 Å². The Morgan fingerprint density at radius 2 is 2.20 bits per heavy atom. The minimum absolute atomic E-state index is 0.0671. The molecule has 1 atom stereocenters. The Hall–Kier alpha value is -0.460. The Labute approximate surface area is 103 Å². The van der Waals surface area contributed by atoms with Gasteiger partial charge in [0.25, 0.3) is 0 Å². The summed E-state index contributed by atoms with van der Waals surface area (Å²) in [4.78, 5) is 0. The molecule has 1 unspecified atom stereocenters. The molecule has 0 heterocycles. The molecule has 82 valence electrons. The highest BCUT2D eigenvalue weighted by Gasteiger charge is 2.10. The number of rotatable bonds is 3. The molecule has 0 aliphatic heterocycles. The lowest BCUT2D eigenvalue weighted by Gasteiger charge is -2.14. The van der Waals surface area contributed by atoms with Crippen LogP contribution in [0.1, 0.15) is 25.5 Å². The topological polar surface area (TPSA) is 38.0 Å². The van der Waals surface area contributed by atoms with Crippen LogP contribution in [0.25, 0.3) is 0 Å². The summed E-state index contributed by atoms with van der Waals surface area (Å²) in [5, 5.41) is 0. The van der Waals surface area contributed by atoms with Crippen LogP contribution < -0.4 is 11.3 Å². The van der Waals surface area contributed by atoms with E-state index in [1.54, 1.807) is 6.07 Å². The van der Waals surface area contributed by atoms with E-state index in [0.717, 1.165) is 14.7 Å². The van der Waals surface area contributed by atoms with Crippen LogP contribution in [0.4, 0.5) is 4.39 Å². The van der Waals surface area contributed by atoms with Crippen molar-refractivity contribution >= 4 is 22.6 Å². The molecular formula is C11H14FIN2. The van der Waals surface area contributed by atoms with Gasteiger partial charge in [0.1, 0.15) is 5.82 Å². The maximum atomic E-state index is 12.9. The number of benzene rings is 1. The average molecular weight is 320 g/mol. The third-order valence-electron chi connectivity index (χ3n) is 1.98. The lowest BCUT2D eigenvalue weighted by atomic mass is 10.1. The lowest BCUT2D eigenvalue weighted by Crippen LogP contribution is -2.27. The van der Waals surface area contributed by atoms with Crippen LogP contribution in [0.3, 0.4) is 0 Å². The summed E-state index contributed by atoms with van der Waals surface area (Å²) in [6, 6.07) is 4.63. The second-order valence-electron chi connectivity index (χ2n) is 3.55. The van der Waals surface area contributed by atoms with Crippen LogP contribution in [0, 0.1) is 9.39 Å². The summed E-state index contributed by atoms with van der Waals surface area (Å²) in [7, 11) is 0. The van der Waals surface area contributed by atoms with Gasteiger partial charge < -0.3 is 0 Å². The van der Waals surface area contributed by atoms with Crippen molar-refractivity contribution in [2.75, 3.05) is 0 Å². The monoisotopic (exact) mass is 320 g/mol. The van der Waals surface area contributed by atoms with Crippen LogP contribution >= 0.6 is 22.6 Å². The molecule has 0 amide bonds. The molecular weight excluding hydrogens is 306 g/mol. The van der Waals surface area contributed by atoms with Crippen molar-refractivity contribution in [3.05, 3.63) is 44.8 Å². The Morgan fingerprint density at radius 3 is 2.67 bits per heavy atom. The third kappa shape index (κ3) is 3.55. The molecule has 2 nitrogen and oxygen atoms in total. The minimum atomic E-state index is -0.226. The third-order valence-corrected chi connectivity index (χ3v) is 2.91. The molecule has 0 fully saturated rings. The zero-order valence-electron chi connectivity index (χ0n) is 8.72. The van der Waals surface area contributed by atoms with E-state index in [1.807, 2.05) is 19.9 Å². The minimum Gasteiger partial charge on any atom is -0.271 e. The molecule has 4 heteroatoms. The van der Waals surface area contributed by atoms with Gasteiger partial charge in [-0.05, 0) is 54.1 Å². The van der Waals surface area contributed by atoms with Crippen LogP contribution in [-0.4, -0.2) is 0 Å². The van der Waals surface area contributed by atoms with Gasteiger partial charge >= 0.3 is 0 Å². The smallest absolute Gasteiger partial charge is 0.124 e. The van der Waals surface area contributed by atoms with E-state index in [1.165, 1.54) is 12.1 Å². The molecule has 0 aromatic heterocycles. The van der Waals surface area contributed by atoms with E-state index in [-0.39, 0.29) is 11.9 Å². The Morgan fingerprint density at radius 1 is 1.53 bits per heavy atom. The molecule has 0 bridgehead atoms. The molecule has 1 aromatic carbocycles. The number of nitrogens with two attached hydrogens (primary N) is 1. The van der Waals surface area contributed by atoms with Gasteiger partial charge in [-0.25, -0.2) is 9.82 Å². The predicted molar refractivity (Wildman–Crippen MR) is 68.6 cm³/mol. The zero-order chi connectivity index (χ0) is 11.4. The first-order valence-corrected chi connectivity index (χ1v) is 5.68. The first-order chi connectivity index (χ1) is 7.04. The second kappa shape index (κ2) is 5.58. The summed E-state index contributed by atoms with van der Waals surface area (Å²) in [6.07, 6.45) is 2.01. The molecule has 0 radical (unpaired) electrons. The van der Waals surface area contributed by atoms with E-state index in [0.29, 0.717) is 0 Å². The van der Waals surface area contributed by atoms with E-state index >= 15 is 0 Å². The van der Waals surface area contributed by atoms with E-state index in [4.69, 9.17) is 5.84 Å². The quantitative estimate of drug-likeness (QED) is 0.389.